The second-order valence-electron chi connectivity index (χ2n) is 7.44. The Morgan fingerprint density at radius 2 is 1.89 bits per heavy atom. The number of hydrogen-bond donors (Lipinski definition) is 4. The van der Waals surface area contributed by atoms with Crippen molar-refractivity contribution in [3.05, 3.63) is 34.6 Å². The summed E-state index contributed by atoms with van der Waals surface area (Å²) >= 11 is 6.14. The molecule has 0 radical (unpaired) electrons. The minimum absolute atomic E-state index is 0.296. The fourth-order valence-electron chi connectivity index (χ4n) is 3.70. The number of aryl methyl sites for hydroxylation is 1. The van der Waals surface area contributed by atoms with E-state index in [1.807, 2.05) is 23.7 Å². The molecular weight excluding hydrogens is 376 g/mol. The van der Waals surface area contributed by atoms with Crippen molar-refractivity contribution in [3.63, 3.8) is 0 Å². The summed E-state index contributed by atoms with van der Waals surface area (Å²) in [5.41, 5.74) is 21.0. The van der Waals surface area contributed by atoms with Crippen LogP contribution in [0.5, 0.6) is 0 Å². The molecule has 0 saturated heterocycles. The first kappa shape index (κ1) is 18.8. The summed E-state index contributed by atoms with van der Waals surface area (Å²) in [7, 11) is 1.92. The first-order valence-corrected chi connectivity index (χ1v) is 9.84. The molecule has 1 fully saturated rings. The molecule has 1 aromatic carbocycles. The Morgan fingerprint density at radius 3 is 2.64 bits per heavy atom. The lowest BCUT2D eigenvalue weighted by Gasteiger charge is -2.26. The quantitative estimate of drug-likeness (QED) is 0.494. The molecular formula is C19H25ClN8. The predicted molar refractivity (Wildman–Crippen MR) is 113 cm³/mol. The van der Waals surface area contributed by atoms with Gasteiger partial charge in [-0.05, 0) is 37.3 Å². The van der Waals surface area contributed by atoms with Gasteiger partial charge in [0.2, 0.25) is 5.95 Å². The van der Waals surface area contributed by atoms with Gasteiger partial charge in [-0.15, -0.1) is 0 Å². The van der Waals surface area contributed by atoms with E-state index in [2.05, 4.69) is 20.3 Å². The van der Waals surface area contributed by atoms with E-state index < -0.39 is 0 Å². The molecule has 0 spiro atoms. The van der Waals surface area contributed by atoms with Crippen LogP contribution in [0, 0.1) is 0 Å². The average Bonchev–Trinajstić information content (AvgIpc) is 2.98. The molecule has 1 saturated carbocycles. The van der Waals surface area contributed by atoms with Gasteiger partial charge in [0.05, 0.1) is 10.7 Å². The number of nitrogen functional groups attached to an aromatic ring is 2. The van der Waals surface area contributed by atoms with E-state index in [0.29, 0.717) is 52.1 Å². The van der Waals surface area contributed by atoms with Crippen LogP contribution in [0.4, 0.5) is 17.5 Å². The zero-order valence-corrected chi connectivity index (χ0v) is 16.6. The molecule has 3 aromatic rings. The summed E-state index contributed by atoms with van der Waals surface area (Å²) in [5, 5.41) is 3.94. The second-order valence-corrected chi connectivity index (χ2v) is 7.84. The van der Waals surface area contributed by atoms with E-state index in [-0.39, 0.29) is 0 Å². The maximum Gasteiger partial charge on any atom is 0.226 e. The molecule has 0 atom stereocenters. The number of rotatable bonds is 4. The normalized spacial score (nSPS) is 19.8. The number of hydrogen-bond acceptors (Lipinski definition) is 7. The van der Waals surface area contributed by atoms with Crippen LogP contribution in [0.15, 0.2) is 18.2 Å². The van der Waals surface area contributed by atoms with Gasteiger partial charge in [-0.2, -0.15) is 9.97 Å². The van der Waals surface area contributed by atoms with Crippen LogP contribution < -0.4 is 22.5 Å². The van der Waals surface area contributed by atoms with Gasteiger partial charge in [0.25, 0.3) is 0 Å². The first-order chi connectivity index (χ1) is 13.4. The number of imidazole rings is 1. The fourth-order valence-corrected chi connectivity index (χ4v) is 3.90. The lowest BCUT2D eigenvalue weighted by molar-refractivity contribution is 0.410. The molecule has 9 heteroatoms. The zero-order chi connectivity index (χ0) is 19.8. The fraction of sp³-hybridized carbons (Fsp3) is 0.421. The van der Waals surface area contributed by atoms with Gasteiger partial charge in [0, 0.05) is 25.6 Å². The summed E-state index contributed by atoms with van der Waals surface area (Å²) in [4.78, 5) is 13.7. The van der Waals surface area contributed by atoms with Crippen molar-refractivity contribution in [1.29, 1.82) is 0 Å². The second kappa shape index (κ2) is 7.44. The van der Waals surface area contributed by atoms with Crippen molar-refractivity contribution in [2.45, 2.75) is 44.2 Å². The molecule has 1 aliphatic carbocycles. The average molecular weight is 401 g/mol. The molecule has 0 amide bonds. The highest BCUT2D eigenvalue weighted by Gasteiger charge is 2.21. The highest BCUT2D eigenvalue weighted by molar-refractivity contribution is 6.33. The number of nitrogens with one attached hydrogen (secondary N) is 1. The summed E-state index contributed by atoms with van der Waals surface area (Å²) in [5.74, 6) is 1.69. The third-order valence-corrected chi connectivity index (χ3v) is 5.76. The smallest absolute Gasteiger partial charge is 0.226 e. The minimum atomic E-state index is 0.296. The highest BCUT2D eigenvalue weighted by atomic mass is 35.5. The standard InChI is InChI=1S/C19H25ClN8/c1-28-14(9-10-3-2-4-13(20)15(10)22)25-16-17(23)26-19(27-18(16)28)24-12-7-5-11(21)6-8-12/h2-4,11-12H,5-9,21-22H2,1H3,(H3,23,24,26,27). The minimum Gasteiger partial charge on any atom is -0.397 e. The molecule has 0 aliphatic heterocycles. The Kier molecular flexibility index (Phi) is 4.99. The molecule has 1 aliphatic rings. The topological polar surface area (TPSA) is 134 Å². The number of fused-ring (bicyclic) bond motifs is 1. The predicted octanol–water partition coefficient (Wildman–Crippen LogP) is 2.45. The lowest BCUT2D eigenvalue weighted by atomic mass is 9.92. The molecule has 4 rings (SSSR count). The van der Waals surface area contributed by atoms with E-state index in [0.717, 1.165) is 37.1 Å². The number of benzene rings is 1. The highest BCUT2D eigenvalue weighted by Crippen LogP contribution is 2.27. The van der Waals surface area contributed by atoms with Crippen LogP contribution in [0.25, 0.3) is 11.2 Å². The summed E-state index contributed by atoms with van der Waals surface area (Å²) < 4.78 is 1.93. The van der Waals surface area contributed by atoms with Gasteiger partial charge in [-0.25, -0.2) is 4.98 Å². The van der Waals surface area contributed by atoms with Crippen molar-refractivity contribution < 1.29 is 0 Å². The monoisotopic (exact) mass is 400 g/mol. The Balaban J connectivity index is 1.63. The van der Waals surface area contributed by atoms with E-state index in [1.54, 1.807) is 6.07 Å². The lowest BCUT2D eigenvalue weighted by Crippen LogP contribution is -2.33. The Bertz CT molecular complexity index is 1010. The number of nitrogens with zero attached hydrogens (tertiary/aromatic N) is 4. The van der Waals surface area contributed by atoms with Crippen LogP contribution in [0.2, 0.25) is 5.02 Å². The van der Waals surface area contributed by atoms with Crippen molar-refractivity contribution in [3.8, 4) is 0 Å². The molecule has 0 bridgehead atoms. The van der Waals surface area contributed by atoms with Crippen LogP contribution in [-0.2, 0) is 13.5 Å². The molecule has 0 unspecified atom stereocenters. The number of nitrogens with two attached hydrogens (primary N) is 3. The van der Waals surface area contributed by atoms with Crippen molar-refractivity contribution in [1.82, 2.24) is 19.5 Å². The molecule has 7 N–H and O–H groups in total. The molecule has 2 aromatic heterocycles. The van der Waals surface area contributed by atoms with Gasteiger partial charge >= 0.3 is 0 Å². The van der Waals surface area contributed by atoms with Gasteiger partial charge < -0.3 is 27.1 Å². The summed E-state index contributed by atoms with van der Waals surface area (Å²) in [6.07, 6.45) is 4.56. The zero-order valence-electron chi connectivity index (χ0n) is 15.8. The Labute approximate surface area is 168 Å². The van der Waals surface area contributed by atoms with Gasteiger partial charge in [0.1, 0.15) is 5.82 Å². The van der Waals surface area contributed by atoms with Crippen molar-refractivity contribution in [2.24, 2.45) is 12.8 Å². The largest absolute Gasteiger partial charge is 0.397 e. The Hall–Kier alpha value is -2.58. The van der Waals surface area contributed by atoms with Crippen molar-refractivity contribution >= 4 is 40.2 Å². The van der Waals surface area contributed by atoms with E-state index in [1.165, 1.54) is 0 Å². The molecule has 148 valence electrons. The maximum absolute atomic E-state index is 6.18. The van der Waals surface area contributed by atoms with Crippen LogP contribution in [0.1, 0.15) is 37.1 Å². The number of aromatic nitrogens is 4. The van der Waals surface area contributed by atoms with Gasteiger partial charge in [0.15, 0.2) is 17.0 Å². The number of anilines is 3. The first-order valence-electron chi connectivity index (χ1n) is 9.46. The van der Waals surface area contributed by atoms with Crippen molar-refractivity contribution in [2.75, 3.05) is 16.8 Å². The number of halogens is 1. The van der Waals surface area contributed by atoms with Crippen LogP contribution in [0.3, 0.4) is 0 Å². The van der Waals surface area contributed by atoms with E-state index in [4.69, 9.17) is 28.8 Å². The van der Waals surface area contributed by atoms with E-state index >= 15 is 0 Å². The Morgan fingerprint density at radius 1 is 1.14 bits per heavy atom. The van der Waals surface area contributed by atoms with Crippen LogP contribution in [-0.4, -0.2) is 31.6 Å². The third kappa shape index (κ3) is 3.57. The molecule has 2 heterocycles. The molecule has 8 nitrogen and oxygen atoms in total. The number of para-hydroxylation sites is 1. The summed E-state index contributed by atoms with van der Waals surface area (Å²) in [6, 6.07) is 6.20. The van der Waals surface area contributed by atoms with E-state index in [9.17, 15) is 0 Å². The maximum atomic E-state index is 6.18. The van der Waals surface area contributed by atoms with Gasteiger partial charge in [-0.3, -0.25) is 0 Å². The van der Waals surface area contributed by atoms with Crippen LogP contribution >= 0.6 is 11.6 Å². The molecule has 28 heavy (non-hydrogen) atoms. The summed E-state index contributed by atoms with van der Waals surface area (Å²) in [6.45, 7) is 0. The third-order valence-electron chi connectivity index (χ3n) is 5.44. The van der Waals surface area contributed by atoms with Gasteiger partial charge in [-0.1, -0.05) is 23.7 Å². The SMILES string of the molecule is Cn1c(Cc2cccc(Cl)c2N)nc2c(N)nc(NC3CCC(N)CC3)nc21.